The molecule has 0 aromatic heterocycles. The van der Waals surface area contributed by atoms with Crippen LogP contribution in [0.1, 0.15) is 13.8 Å². The molecule has 1 aliphatic heterocycles. The van der Waals surface area contributed by atoms with Gasteiger partial charge in [-0.3, -0.25) is 0 Å². The van der Waals surface area contributed by atoms with Crippen molar-refractivity contribution in [2.75, 3.05) is 6.61 Å². The van der Waals surface area contributed by atoms with Gasteiger partial charge in [0.2, 0.25) is 0 Å². The molecule has 1 heterocycles. The van der Waals surface area contributed by atoms with Crippen LogP contribution in [0.2, 0.25) is 0 Å². The summed E-state index contributed by atoms with van der Waals surface area (Å²) in [5.74, 6) is 0.116. The molecule has 52 valence electrons. The molecule has 0 aromatic carbocycles. The third-order valence-electron chi connectivity index (χ3n) is 1.58. The van der Waals surface area contributed by atoms with Crippen LogP contribution in [0.5, 0.6) is 0 Å². The van der Waals surface area contributed by atoms with Gasteiger partial charge in [0.05, 0.1) is 17.7 Å². The summed E-state index contributed by atoms with van der Waals surface area (Å²) in [4.78, 5) is 4.76. The summed E-state index contributed by atoms with van der Waals surface area (Å²) in [5, 5.41) is 12.8. The molecule has 9 heavy (non-hydrogen) atoms. The minimum absolute atomic E-state index is 0.116. The fourth-order valence-corrected chi connectivity index (χ4v) is 0.896. The van der Waals surface area contributed by atoms with Crippen molar-refractivity contribution >= 4 is 5.71 Å². The Labute approximate surface area is 54.3 Å². The van der Waals surface area contributed by atoms with E-state index < -0.39 is 0 Å². The molecule has 3 nitrogen and oxygen atoms in total. The van der Waals surface area contributed by atoms with Crippen LogP contribution in [0.25, 0.3) is 0 Å². The highest BCUT2D eigenvalue weighted by atomic mass is 16.6. The number of aliphatic hydroxyl groups is 1. The van der Waals surface area contributed by atoms with Crippen molar-refractivity contribution in [1.82, 2.24) is 0 Å². The quantitative estimate of drug-likeness (QED) is 0.556. The van der Waals surface area contributed by atoms with Gasteiger partial charge in [-0.1, -0.05) is 5.16 Å². The lowest BCUT2D eigenvalue weighted by molar-refractivity contribution is 0.0940. The first-order chi connectivity index (χ1) is 4.22. The van der Waals surface area contributed by atoms with Gasteiger partial charge in [0.25, 0.3) is 0 Å². The maximum Gasteiger partial charge on any atom is 0.127 e. The standard InChI is InChI=1S/C6H11NO2/c1-4-6(5(2)8)3-9-7-4/h5-6,8H,3H2,1-2H3/t5-,6-/m0/s1. The molecule has 0 saturated heterocycles. The van der Waals surface area contributed by atoms with Crippen LogP contribution in [0.15, 0.2) is 5.16 Å². The number of hydrogen-bond donors (Lipinski definition) is 1. The number of oxime groups is 1. The van der Waals surface area contributed by atoms with E-state index in [1.54, 1.807) is 6.92 Å². The van der Waals surface area contributed by atoms with Crippen LogP contribution in [0.3, 0.4) is 0 Å². The summed E-state index contributed by atoms with van der Waals surface area (Å²) in [6, 6.07) is 0. The second-order valence-electron chi connectivity index (χ2n) is 2.38. The van der Waals surface area contributed by atoms with Crippen molar-refractivity contribution < 1.29 is 9.94 Å². The summed E-state index contributed by atoms with van der Waals surface area (Å²) in [6.07, 6.45) is -0.337. The molecule has 0 aliphatic carbocycles. The first kappa shape index (κ1) is 6.55. The molecule has 0 fully saturated rings. The van der Waals surface area contributed by atoms with E-state index in [4.69, 9.17) is 9.94 Å². The van der Waals surface area contributed by atoms with Gasteiger partial charge in [-0.25, -0.2) is 0 Å². The Morgan fingerprint density at radius 1 is 1.89 bits per heavy atom. The first-order valence-corrected chi connectivity index (χ1v) is 3.06. The van der Waals surface area contributed by atoms with E-state index in [0.29, 0.717) is 6.61 Å². The Morgan fingerprint density at radius 3 is 2.78 bits per heavy atom. The Balaban J connectivity index is 2.53. The second kappa shape index (κ2) is 2.35. The molecule has 1 N–H and O–H groups in total. The van der Waals surface area contributed by atoms with Crippen molar-refractivity contribution in [3.63, 3.8) is 0 Å². The van der Waals surface area contributed by atoms with Crippen molar-refractivity contribution in [2.24, 2.45) is 11.1 Å². The maximum atomic E-state index is 9.06. The summed E-state index contributed by atoms with van der Waals surface area (Å²) >= 11 is 0. The summed E-state index contributed by atoms with van der Waals surface area (Å²) < 4.78 is 0. The zero-order valence-electron chi connectivity index (χ0n) is 5.66. The number of hydrogen-bond acceptors (Lipinski definition) is 3. The molecule has 0 radical (unpaired) electrons. The fraction of sp³-hybridized carbons (Fsp3) is 0.833. The molecule has 0 bridgehead atoms. The van der Waals surface area contributed by atoms with E-state index in [0.717, 1.165) is 5.71 Å². The van der Waals surface area contributed by atoms with Crippen LogP contribution in [-0.2, 0) is 4.84 Å². The monoisotopic (exact) mass is 129 g/mol. The van der Waals surface area contributed by atoms with Crippen LogP contribution in [0.4, 0.5) is 0 Å². The van der Waals surface area contributed by atoms with Crippen LogP contribution >= 0.6 is 0 Å². The van der Waals surface area contributed by atoms with E-state index in [1.165, 1.54) is 0 Å². The minimum atomic E-state index is -0.337. The smallest absolute Gasteiger partial charge is 0.127 e. The molecule has 0 unspecified atom stereocenters. The van der Waals surface area contributed by atoms with Gasteiger partial charge >= 0.3 is 0 Å². The maximum absolute atomic E-state index is 9.06. The molecular weight excluding hydrogens is 118 g/mol. The van der Waals surface area contributed by atoms with Crippen molar-refractivity contribution in [1.29, 1.82) is 0 Å². The van der Waals surface area contributed by atoms with Gasteiger partial charge in [0, 0.05) is 0 Å². The van der Waals surface area contributed by atoms with Crippen LogP contribution < -0.4 is 0 Å². The fourth-order valence-electron chi connectivity index (χ4n) is 0.896. The lowest BCUT2D eigenvalue weighted by Crippen LogP contribution is -2.23. The van der Waals surface area contributed by atoms with Crippen LogP contribution in [-0.4, -0.2) is 23.5 Å². The zero-order chi connectivity index (χ0) is 6.85. The van der Waals surface area contributed by atoms with E-state index in [2.05, 4.69) is 5.16 Å². The molecular formula is C6H11NO2. The molecule has 0 spiro atoms. The average Bonchev–Trinajstić information content (AvgIpc) is 2.13. The molecule has 1 rings (SSSR count). The van der Waals surface area contributed by atoms with E-state index in [-0.39, 0.29) is 12.0 Å². The Hall–Kier alpha value is -0.570. The second-order valence-corrected chi connectivity index (χ2v) is 2.38. The van der Waals surface area contributed by atoms with Gasteiger partial charge in [-0.15, -0.1) is 0 Å². The highest BCUT2D eigenvalue weighted by Gasteiger charge is 2.23. The topological polar surface area (TPSA) is 41.8 Å². The minimum Gasteiger partial charge on any atom is -0.395 e. The largest absolute Gasteiger partial charge is 0.395 e. The average molecular weight is 129 g/mol. The molecule has 1 aliphatic rings. The number of nitrogens with zero attached hydrogens (tertiary/aromatic N) is 1. The van der Waals surface area contributed by atoms with Crippen LogP contribution in [0, 0.1) is 5.92 Å². The van der Waals surface area contributed by atoms with Gasteiger partial charge in [-0.2, -0.15) is 0 Å². The van der Waals surface area contributed by atoms with E-state index >= 15 is 0 Å². The highest BCUT2D eigenvalue weighted by Crippen LogP contribution is 2.13. The van der Waals surface area contributed by atoms with Gasteiger partial charge in [0.15, 0.2) is 0 Å². The lowest BCUT2D eigenvalue weighted by atomic mass is 10.0. The van der Waals surface area contributed by atoms with Crippen molar-refractivity contribution in [3.8, 4) is 0 Å². The van der Waals surface area contributed by atoms with Crippen molar-refractivity contribution in [3.05, 3.63) is 0 Å². The summed E-state index contributed by atoms with van der Waals surface area (Å²) in [5.41, 5.74) is 0.894. The van der Waals surface area contributed by atoms with E-state index in [9.17, 15) is 0 Å². The van der Waals surface area contributed by atoms with Gasteiger partial charge in [-0.05, 0) is 13.8 Å². The predicted octanol–water partition coefficient (Wildman–Crippen LogP) is 0.390. The number of rotatable bonds is 1. The Bertz CT molecular complexity index is 131. The normalized spacial score (nSPS) is 29.2. The molecule has 0 aromatic rings. The number of aliphatic hydroxyl groups excluding tert-OH is 1. The predicted molar refractivity (Wildman–Crippen MR) is 34.2 cm³/mol. The summed E-state index contributed by atoms with van der Waals surface area (Å²) in [6.45, 7) is 4.15. The van der Waals surface area contributed by atoms with Gasteiger partial charge in [0.1, 0.15) is 6.61 Å². The Morgan fingerprint density at radius 2 is 2.56 bits per heavy atom. The first-order valence-electron chi connectivity index (χ1n) is 3.06. The lowest BCUT2D eigenvalue weighted by Gasteiger charge is -2.09. The third kappa shape index (κ3) is 1.21. The Kier molecular flexibility index (Phi) is 1.71. The van der Waals surface area contributed by atoms with Crippen molar-refractivity contribution in [2.45, 2.75) is 20.0 Å². The SMILES string of the molecule is CC1=NOC[C@@H]1[C@H](C)O. The zero-order valence-corrected chi connectivity index (χ0v) is 5.66. The molecule has 0 saturated carbocycles. The highest BCUT2D eigenvalue weighted by molar-refractivity contribution is 5.85. The molecule has 0 amide bonds. The summed E-state index contributed by atoms with van der Waals surface area (Å²) in [7, 11) is 0. The van der Waals surface area contributed by atoms with E-state index in [1.807, 2.05) is 6.92 Å². The third-order valence-corrected chi connectivity index (χ3v) is 1.58. The molecule has 3 heteroatoms. The van der Waals surface area contributed by atoms with Gasteiger partial charge < -0.3 is 9.94 Å². The molecule has 2 atom stereocenters.